The molecule has 0 aliphatic heterocycles. The van der Waals surface area contributed by atoms with Crippen molar-refractivity contribution in [3.05, 3.63) is 122 Å². The maximum Gasteiger partial charge on any atom is 0.271 e. The highest BCUT2D eigenvalue weighted by atomic mass is 35.5. The maximum atomic E-state index is 12.6. The number of hydrogen-bond donors (Lipinski definition) is 1. The number of methoxy groups -OCH3 is 1. The van der Waals surface area contributed by atoms with E-state index in [2.05, 4.69) is 10.5 Å². The van der Waals surface area contributed by atoms with Gasteiger partial charge in [-0.1, -0.05) is 83.3 Å². The van der Waals surface area contributed by atoms with Crippen molar-refractivity contribution in [2.45, 2.75) is 13.2 Å². The van der Waals surface area contributed by atoms with Crippen LogP contribution < -0.4 is 19.6 Å². The van der Waals surface area contributed by atoms with Crippen LogP contribution in [0.3, 0.4) is 0 Å². The molecule has 0 aliphatic rings. The second-order valence-corrected chi connectivity index (χ2v) is 9.25. The fourth-order valence-electron chi connectivity index (χ4n) is 3.45. The average molecular weight is 570 g/mol. The van der Waals surface area contributed by atoms with E-state index < -0.39 is 5.91 Å². The third-order valence-corrected chi connectivity index (χ3v) is 6.32. The molecule has 0 unspecified atom stereocenters. The van der Waals surface area contributed by atoms with Gasteiger partial charge in [0.1, 0.15) is 13.2 Å². The molecule has 9 heteroatoms. The van der Waals surface area contributed by atoms with Crippen molar-refractivity contribution in [1.82, 2.24) is 5.43 Å². The first-order valence-corrected chi connectivity index (χ1v) is 12.6. The van der Waals surface area contributed by atoms with E-state index >= 15 is 0 Å². The highest BCUT2D eigenvalue weighted by Gasteiger charge is 2.13. The standard InChI is InChI=1S/C29H23Cl3N2O4/c1-36-27-15-21(11-12-26(27)37-17-19-7-3-2-4-8-19)29(35)34-33-16-20-13-24(31)28(25(32)14-20)38-18-22-9-5-6-10-23(22)30/h2-16H,17-18H2,1H3,(H,34,35)/b33-16+. The summed E-state index contributed by atoms with van der Waals surface area (Å²) in [6.45, 7) is 0.587. The Morgan fingerprint density at radius 3 is 2.24 bits per heavy atom. The topological polar surface area (TPSA) is 69.2 Å². The predicted octanol–water partition coefficient (Wildman–Crippen LogP) is 7.58. The molecule has 1 amide bonds. The monoisotopic (exact) mass is 568 g/mol. The molecule has 4 aromatic rings. The summed E-state index contributed by atoms with van der Waals surface area (Å²) in [7, 11) is 1.51. The molecule has 0 fully saturated rings. The molecule has 0 atom stereocenters. The van der Waals surface area contributed by atoms with Crippen LogP contribution in [0.4, 0.5) is 0 Å². The lowest BCUT2D eigenvalue weighted by molar-refractivity contribution is 0.0954. The Kier molecular flexibility index (Phi) is 9.49. The van der Waals surface area contributed by atoms with Crippen LogP contribution in [0.2, 0.25) is 15.1 Å². The third kappa shape index (κ3) is 7.19. The Morgan fingerprint density at radius 2 is 1.53 bits per heavy atom. The molecule has 4 rings (SSSR count). The van der Waals surface area contributed by atoms with Gasteiger partial charge in [-0.15, -0.1) is 0 Å². The van der Waals surface area contributed by atoms with Gasteiger partial charge in [0, 0.05) is 16.1 Å². The largest absolute Gasteiger partial charge is 0.493 e. The van der Waals surface area contributed by atoms with Crippen molar-refractivity contribution < 1.29 is 19.0 Å². The number of carbonyl (C=O) groups excluding carboxylic acids is 1. The van der Waals surface area contributed by atoms with Crippen molar-refractivity contribution >= 4 is 46.9 Å². The zero-order chi connectivity index (χ0) is 26.9. The van der Waals surface area contributed by atoms with Gasteiger partial charge < -0.3 is 14.2 Å². The zero-order valence-electron chi connectivity index (χ0n) is 20.3. The van der Waals surface area contributed by atoms with Gasteiger partial charge in [-0.25, -0.2) is 5.43 Å². The van der Waals surface area contributed by atoms with Crippen LogP contribution in [0.5, 0.6) is 17.2 Å². The van der Waals surface area contributed by atoms with E-state index in [1.165, 1.54) is 13.3 Å². The molecule has 0 saturated heterocycles. The van der Waals surface area contributed by atoms with E-state index in [9.17, 15) is 4.79 Å². The summed E-state index contributed by atoms with van der Waals surface area (Å²) in [5.41, 5.74) is 5.24. The van der Waals surface area contributed by atoms with Crippen LogP contribution in [0.1, 0.15) is 27.0 Å². The van der Waals surface area contributed by atoms with Gasteiger partial charge in [0.05, 0.1) is 23.4 Å². The summed E-state index contributed by atoms with van der Waals surface area (Å²) in [5.74, 6) is 0.864. The van der Waals surface area contributed by atoms with Crippen molar-refractivity contribution in [3.63, 3.8) is 0 Å². The number of carbonyl (C=O) groups is 1. The van der Waals surface area contributed by atoms with Gasteiger partial charge in [-0.3, -0.25) is 4.79 Å². The molecule has 1 N–H and O–H groups in total. The van der Waals surface area contributed by atoms with Crippen LogP contribution in [0.25, 0.3) is 0 Å². The Labute approximate surface area is 235 Å². The summed E-state index contributed by atoms with van der Waals surface area (Å²) in [5, 5.41) is 5.20. The van der Waals surface area contributed by atoms with Crippen LogP contribution in [-0.4, -0.2) is 19.2 Å². The first-order chi connectivity index (χ1) is 18.4. The smallest absolute Gasteiger partial charge is 0.271 e. The number of nitrogens with zero attached hydrogens (tertiary/aromatic N) is 1. The Morgan fingerprint density at radius 1 is 0.816 bits per heavy atom. The van der Waals surface area contributed by atoms with Crippen molar-refractivity contribution in [1.29, 1.82) is 0 Å². The summed E-state index contributed by atoms with van der Waals surface area (Å²) >= 11 is 18.9. The van der Waals surface area contributed by atoms with Crippen LogP contribution >= 0.6 is 34.8 Å². The molecular formula is C29H23Cl3N2O4. The van der Waals surface area contributed by atoms with E-state index in [1.807, 2.05) is 48.5 Å². The Hall–Kier alpha value is -3.71. The lowest BCUT2D eigenvalue weighted by atomic mass is 10.2. The molecule has 0 radical (unpaired) electrons. The zero-order valence-corrected chi connectivity index (χ0v) is 22.6. The number of nitrogens with one attached hydrogen (secondary N) is 1. The minimum atomic E-state index is -0.425. The van der Waals surface area contributed by atoms with Gasteiger partial charge in [0.15, 0.2) is 17.2 Å². The number of hydrogen-bond acceptors (Lipinski definition) is 5. The molecule has 38 heavy (non-hydrogen) atoms. The Balaban J connectivity index is 1.37. The molecule has 0 aliphatic carbocycles. The number of hydrazone groups is 1. The summed E-state index contributed by atoms with van der Waals surface area (Å²) < 4.78 is 17.0. The van der Waals surface area contributed by atoms with Crippen molar-refractivity contribution in [2.24, 2.45) is 5.10 Å². The quantitative estimate of drug-likeness (QED) is 0.158. The van der Waals surface area contributed by atoms with E-state index in [1.54, 1.807) is 36.4 Å². The fourth-order valence-corrected chi connectivity index (χ4v) is 4.25. The van der Waals surface area contributed by atoms with Gasteiger partial charge in [-0.05, 0) is 47.5 Å². The van der Waals surface area contributed by atoms with Crippen molar-refractivity contribution in [3.8, 4) is 17.2 Å². The minimum Gasteiger partial charge on any atom is -0.493 e. The van der Waals surface area contributed by atoms with E-state index in [-0.39, 0.29) is 6.61 Å². The summed E-state index contributed by atoms with van der Waals surface area (Å²) in [6.07, 6.45) is 1.43. The molecule has 6 nitrogen and oxygen atoms in total. The lowest BCUT2D eigenvalue weighted by Gasteiger charge is -2.12. The third-order valence-electron chi connectivity index (χ3n) is 5.39. The fraction of sp³-hybridized carbons (Fsp3) is 0.103. The first-order valence-electron chi connectivity index (χ1n) is 11.5. The molecule has 194 valence electrons. The second-order valence-electron chi connectivity index (χ2n) is 8.03. The van der Waals surface area contributed by atoms with E-state index in [4.69, 9.17) is 49.0 Å². The first kappa shape index (κ1) is 27.3. The lowest BCUT2D eigenvalue weighted by Crippen LogP contribution is -2.17. The number of amides is 1. The van der Waals surface area contributed by atoms with Gasteiger partial charge in [0.25, 0.3) is 5.91 Å². The Bertz CT molecular complexity index is 1420. The summed E-state index contributed by atoms with van der Waals surface area (Å²) in [4.78, 5) is 12.6. The van der Waals surface area contributed by atoms with Crippen LogP contribution in [0.15, 0.2) is 90.0 Å². The molecule has 0 aromatic heterocycles. The molecule has 0 bridgehead atoms. The highest BCUT2D eigenvalue weighted by molar-refractivity contribution is 6.37. The number of ether oxygens (including phenoxy) is 3. The second kappa shape index (κ2) is 13.2. The van der Waals surface area contributed by atoms with E-state index in [0.717, 1.165) is 11.1 Å². The maximum absolute atomic E-state index is 12.6. The number of benzene rings is 4. The number of rotatable bonds is 10. The molecule has 0 heterocycles. The normalized spacial score (nSPS) is 10.8. The molecular weight excluding hydrogens is 547 g/mol. The van der Waals surface area contributed by atoms with Gasteiger partial charge in [0.2, 0.25) is 0 Å². The minimum absolute atomic E-state index is 0.210. The van der Waals surface area contributed by atoms with Crippen LogP contribution in [-0.2, 0) is 13.2 Å². The number of halogens is 3. The van der Waals surface area contributed by atoms with Gasteiger partial charge >= 0.3 is 0 Å². The molecule has 0 saturated carbocycles. The van der Waals surface area contributed by atoms with E-state index in [0.29, 0.717) is 50.1 Å². The summed E-state index contributed by atoms with van der Waals surface area (Å²) in [6, 6.07) is 25.3. The average Bonchev–Trinajstić information content (AvgIpc) is 2.92. The van der Waals surface area contributed by atoms with Crippen LogP contribution in [0, 0.1) is 0 Å². The predicted molar refractivity (Wildman–Crippen MR) is 151 cm³/mol. The SMILES string of the molecule is COc1cc(C(=O)N/N=C/c2cc(Cl)c(OCc3ccccc3Cl)c(Cl)c2)ccc1OCc1ccccc1. The molecule has 4 aromatic carbocycles. The van der Waals surface area contributed by atoms with Crippen molar-refractivity contribution in [2.75, 3.05) is 7.11 Å². The highest BCUT2D eigenvalue weighted by Crippen LogP contribution is 2.35. The van der Waals surface area contributed by atoms with Gasteiger partial charge in [-0.2, -0.15) is 5.10 Å². The molecule has 0 spiro atoms.